The van der Waals surface area contributed by atoms with Gasteiger partial charge in [-0.15, -0.1) is 0 Å². The standard InChI is InChI=1S/C15H17NOS2/c1-3-13(17)9-10-15(2,11-16)19-14(18)12-7-5-4-6-8-12/h4-8H,3,9-10H2,1-2H3. The van der Waals surface area contributed by atoms with Gasteiger partial charge in [0.2, 0.25) is 0 Å². The van der Waals surface area contributed by atoms with Crippen LogP contribution in [0.3, 0.4) is 0 Å². The van der Waals surface area contributed by atoms with Crippen molar-refractivity contribution in [3.05, 3.63) is 35.9 Å². The predicted molar refractivity (Wildman–Crippen MR) is 84.3 cm³/mol. The highest BCUT2D eigenvalue weighted by atomic mass is 32.2. The lowest BCUT2D eigenvalue weighted by Crippen LogP contribution is -2.21. The number of carbonyl (C=O) groups is 1. The van der Waals surface area contributed by atoms with Crippen LogP contribution in [-0.4, -0.2) is 14.7 Å². The van der Waals surface area contributed by atoms with E-state index < -0.39 is 4.75 Å². The molecule has 0 aromatic heterocycles. The highest BCUT2D eigenvalue weighted by Crippen LogP contribution is 2.33. The van der Waals surface area contributed by atoms with E-state index in [0.717, 1.165) is 5.56 Å². The molecule has 0 radical (unpaired) electrons. The summed E-state index contributed by atoms with van der Waals surface area (Å²) in [4.78, 5) is 11.4. The molecular formula is C15H17NOS2. The van der Waals surface area contributed by atoms with Crippen molar-refractivity contribution in [3.63, 3.8) is 0 Å². The molecule has 0 amide bonds. The van der Waals surface area contributed by atoms with E-state index in [2.05, 4.69) is 6.07 Å². The van der Waals surface area contributed by atoms with Crippen molar-refractivity contribution in [2.24, 2.45) is 0 Å². The minimum absolute atomic E-state index is 0.188. The fraction of sp³-hybridized carbons (Fsp3) is 0.400. The molecule has 1 unspecified atom stereocenters. The summed E-state index contributed by atoms with van der Waals surface area (Å²) in [6.45, 7) is 3.68. The number of nitriles is 1. The Morgan fingerprint density at radius 3 is 2.58 bits per heavy atom. The molecule has 4 heteroatoms. The number of ketones is 1. The van der Waals surface area contributed by atoms with Gasteiger partial charge in [-0.2, -0.15) is 5.26 Å². The lowest BCUT2D eigenvalue weighted by molar-refractivity contribution is -0.118. The summed E-state index contributed by atoms with van der Waals surface area (Å²) < 4.78 is 0.0613. The van der Waals surface area contributed by atoms with Gasteiger partial charge in [0, 0.05) is 12.8 Å². The van der Waals surface area contributed by atoms with Gasteiger partial charge in [-0.3, -0.25) is 4.79 Å². The van der Waals surface area contributed by atoms with Gasteiger partial charge in [0.05, 0.1) is 10.3 Å². The summed E-state index contributed by atoms with van der Waals surface area (Å²) in [5, 5.41) is 9.32. The van der Waals surface area contributed by atoms with Gasteiger partial charge >= 0.3 is 0 Å². The molecule has 1 atom stereocenters. The largest absolute Gasteiger partial charge is 0.300 e. The van der Waals surface area contributed by atoms with E-state index in [1.54, 1.807) is 0 Å². The smallest absolute Gasteiger partial charge is 0.132 e. The minimum atomic E-state index is -0.641. The van der Waals surface area contributed by atoms with Crippen molar-refractivity contribution < 1.29 is 4.79 Å². The van der Waals surface area contributed by atoms with Gasteiger partial charge in [-0.1, -0.05) is 61.2 Å². The third-order valence-corrected chi connectivity index (χ3v) is 4.49. The maximum atomic E-state index is 11.4. The molecule has 100 valence electrons. The van der Waals surface area contributed by atoms with Crippen molar-refractivity contribution in [2.45, 2.75) is 37.9 Å². The molecule has 0 aliphatic heterocycles. The van der Waals surface area contributed by atoms with E-state index in [0.29, 0.717) is 23.5 Å². The summed E-state index contributed by atoms with van der Waals surface area (Å²) in [5.74, 6) is 0.188. The Kier molecular flexibility index (Phi) is 6.20. The van der Waals surface area contributed by atoms with Crippen LogP contribution in [0.25, 0.3) is 0 Å². The quantitative estimate of drug-likeness (QED) is 0.739. The number of Topliss-reactive ketones (excluding diaryl/α,β-unsaturated/α-hetero) is 1. The number of carbonyl (C=O) groups excluding carboxylic acids is 1. The first-order valence-corrected chi connectivity index (χ1v) is 7.44. The molecule has 0 N–H and O–H groups in total. The van der Waals surface area contributed by atoms with Gasteiger partial charge in [0.1, 0.15) is 10.5 Å². The van der Waals surface area contributed by atoms with E-state index >= 15 is 0 Å². The van der Waals surface area contributed by atoms with Crippen molar-refractivity contribution in [1.82, 2.24) is 0 Å². The summed E-state index contributed by atoms with van der Waals surface area (Å²) in [5.41, 5.74) is 0.950. The van der Waals surface area contributed by atoms with Crippen molar-refractivity contribution in [1.29, 1.82) is 5.26 Å². The molecule has 0 fully saturated rings. The first-order valence-electron chi connectivity index (χ1n) is 6.22. The number of benzene rings is 1. The molecule has 2 nitrogen and oxygen atoms in total. The van der Waals surface area contributed by atoms with Gasteiger partial charge in [0.15, 0.2) is 0 Å². The topological polar surface area (TPSA) is 40.9 Å². The molecule has 0 saturated carbocycles. The van der Waals surface area contributed by atoms with E-state index in [9.17, 15) is 10.1 Å². The molecular weight excluding hydrogens is 274 g/mol. The van der Waals surface area contributed by atoms with E-state index in [1.807, 2.05) is 44.2 Å². The molecule has 0 spiro atoms. The molecule has 1 aromatic rings. The van der Waals surface area contributed by atoms with Crippen LogP contribution in [0.2, 0.25) is 0 Å². The number of thioether (sulfide) groups is 1. The first-order chi connectivity index (χ1) is 9.00. The Bertz CT molecular complexity index is 493. The maximum Gasteiger partial charge on any atom is 0.132 e. The van der Waals surface area contributed by atoms with Gasteiger partial charge < -0.3 is 0 Å². The van der Waals surface area contributed by atoms with Crippen LogP contribution in [0.5, 0.6) is 0 Å². The molecule has 0 saturated heterocycles. The zero-order chi connectivity index (χ0) is 14.3. The van der Waals surface area contributed by atoms with Crippen LogP contribution >= 0.6 is 24.0 Å². The highest BCUT2D eigenvalue weighted by Gasteiger charge is 2.27. The van der Waals surface area contributed by atoms with Gasteiger partial charge in [-0.25, -0.2) is 0 Å². The molecule has 1 rings (SSSR count). The molecule has 0 aliphatic carbocycles. The fourth-order valence-corrected chi connectivity index (χ4v) is 3.12. The number of hydrogen-bond donors (Lipinski definition) is 0. The fourth-order valence-electron chi connectivity index (χ4n) is 1.52. The SMILES string of the molecule is CCC(=O)CCC(C)(C#N)SC(=S)c1ccccc1. The number of thiocarbonyl (C=S) groups is 1. The third kappa shape index (κ3) is 5.14. The molecule has 0 heterocycles. The Morgan fingerprint density at radius 1 is 1.42 bits per heavy atom. The minimum Gasteiger partial charge on any atom is -0.300 e. The monoisotopic (exact) mass is 291 g/mol. The molecule has 0 aliphatic rings. The molecule has 19 heavy (non-hydrogen) atoms. The second-order valence-electron chi connectivity index (χ2n) is 4.49. The first kappa shape index (κ1) is 15.9. The van der Waals surface area contributed by atoms with Crippen LogP contribution < -0.4 is 0 Å². The number of rotatable bonds is 6. The highest BCUT2D eigenvalue weighted by molar-refractivity contribution is 8.24. The summed E-state index contributed by atoms with van der Waals surface area (Å²) >= 11 is 6.74. The summed E-state index contributed by atoms with van der Waals surface area (Å²) in [6.07, 6.45) is 1.49. The van der Waals surface area contributed by atoms with Crippen molar-refractivity contribution in [2.75, 3.05) is 0 Å². The Morgan fingerprint density at radius 2 is 2.05 bits per heavy atom. The van der Waals surface area contributed by atoms with E-state index in [1.165, 1.54) is 11.8 Å². The summed E-state index contributed by atoms with van der Waals surface area (Å²) in [7, 11) is 0. The third-order valence-electron chi connectivity index (χ3n) is 2.84. The molecule has 0 bridgehead atoms. The number of hydrogen-bond acceptors (Lipinski definition) is 4. The molecule has 1 aromatic carbocycles. The Hall–Kier alpha value is -1.18. The van der Waals surface area contributed by atoms with Gasteiger partial charge in [-0.05, 0) is 18.9 Å². The van der Waals surface area contributed by atoms with Crippen molar-refractivity contribution in [3.8, 4) is 6.07 Å². The van der Waals surface area contributed by atoms with E-state index in [-0.39, 0.29) is 5.78 Å². The van der Waals surface area contributed by atoms with Crippen molar-refractivity contribution >= 4 is 34.0 Å². The average Bonchev–Trinajstić information content (AvgIpc) is 2.45. The van der Waals surface area contributed by atoms with Crippen LogP contribution in [0.15, 0.2) is 30.3 Å². The van der Waals surface area contributed by atoms with E-state index in [4.69, 9.17) is 12.2 Å². The predicted octanol–water partition coefficient (Wildman–Crippen LogP) is 4.14. The lowest BCUT2D eigenvalue weighted by atomic mass is 10.0. The Labute approximate surface area is 124 Å². The van der Waals surface area contributed by atoms with Crippen LogP contribution in [0.1, 0.15) is 38.7 Å². The van der Waals surface area contributed by atoms with Gasteiger partial charge in [0.25, 0.3) is 0 Å². The second kappa shape index (κ2) is 7.42. The Balaban J connectivity index is 2.68. The van der Waals surface area contributed by atoms with Crippen LogP contribution in [0.4, 0.5) is 0 Å². The van der Waals surface area contributed by atoms with Crippen LogP contribution in [0, 0.1) is 11.3 Å². The zero-order valence-corrected chi connectivity index (χ0v) is 12.8. The lowest BCUT2D eigenvalue weighted by Gasteiger charge is -2.20. The van der Waals surface area contributed by atoms with Crippen LogP contribution in [-0.2, 0) is 4.79 Å². The normalized spacial score (nSPS) is 13.3. The average molecular weight is 291 g/mol. The zero-order valence-electron chi connectivity index (χ0n) is 11.2. The number of nitrogens with zero attached hydrogens (tertiary/aromatic N) is 1. The maximum absolute atomic E-state index is 11.4. The second-order valence-corrected chi connectivity index (χ2v) is 6.67. The summed E-state index contributed by atoms with van der Waals surface area (Å²) in [6, 6.07) is 11.9.